The molecule has 1 rings (SSSR count). The Bertz CT molecular complexity index is 206. The molecule has 0 saturated carbocycles. The van der Waals surface area contributed by atoms with Gasteiger partial charge in [-0.15, -0.1) is 0 Å². The van der Waals surface area contributed by atoms with Crippen LogP contribution in [0.15, 0.2) is 18.5 Å². The van der Waals surface area contributed by atoms with Crippen LogP contribution in [0.5, 0.6) is 0 Å². The Morgan fingerprint density at radius 1 is 1.82 bits per heavy atom. The molecule has 0 bridgehead atoms. The molecule has 1 aromatic heterocycles. The second kappa shape index (κ2) is 3.81. The molecular weight excluding hydrogens is 142 g/mol. The van der Waals surface area contributed by atoms with E-state index >= 15 is 0 Å². The molecular formula is C8H11NO2. The molecule has 0 saturated heterocycles. The smallest absolute Gasteiger partial charge is 0.293 e. The maximum Gasteiger partial charge on any atom is 0.293 e. The molecule has 1 aromatic rings. The molecule has 0 aliphatic heterocycles. The van der Waals surface area contributed by atoms with Crippen molar-refractivity contribution in [3.63, 3.8) is 0 Å². The summed E-state index contributed by atoms with van der Waals surface area (Å²) >= 11 is 0. The Morgan fingerprint density at radius 2 is 2.64 bits per heavy atom. The van der Waals surface area contributed by atoms with E-state index in [2.05, 4.69) is 9.72 Å². The summed E-state index contributed by atoms with van der Waals surface area (Å²) in [6.45, 7) is 2.93. The van der Waals surface area contributed by atoms with Crippen molar-refractivity contribution < 1.29 is 9.53 Å². The molecule has 0 fully saturated rings. The fraction of sp³-hybridized carbons (Fsp3) is 0.375. The molecule has 11 heavy (non-hydrogen) atoms. The fourth-order valence-electron chi connectivity index (χ4n) is 0.923. The van der Waals surface area contributed by atoms with Crippen LogP contribution < -0.4 is 0 Å². The molecule has 1 unspecified atom stereocenters. The van der Waals surface area contributed by atoms with Crippen LogP contribution in [-0.4, -0.2) is 18.1 Å². The summed E-state index contributed by atoms with van der Waals surface area (Å²) in [5.74, 6) is 0.270. The Hall–Kier alpha value is -1.25. The average Bonchev–Trinajstić information content (AvgIpc) is 2.52. The SMILES string of the molecule is CC(COC=O)c1cc[nH]c1. The van der Waals surface area contributed by atoms with Gasteiger partial charge in [0, 0.05) is 18.3 Å². The van der Waals surface area contributed by atoms with Crippen molar-refractivity contribution in [3.05, 3.63) is 24.0 Å². The van der Waals surface area contributed by atoms with Crippen LogP contribution in [0, 0.1) is 0 Å². The second-order valence-electron chi connectivity index (χ2n) is 2.47. The lowest BCUT2D eigenvalue weighted by Crippen LogP contribution is -2.01. The van der Waals surface area contributed by atoms with Crippen molar-refractivity contribution in [2.24, 2.45) is 0 Å². The summed E-state index contributed by atoms with van der Waals surface area (Å²) in [5.41, 5.74) is 1.16. The highest BCUT2D eigenvalue weighted by molar-refractivity contribution is 5.37. The molecule has 0 aliphatic rings. The predicted octanol–water partition coefficient (Wildman–Crippen LogP) is 1.29. The summed E-state index contributed by atoms with van der Waals surface area (Å²) in [4.78, 5) is 12.8. The second-order valence-corrected chi connectivity index (χ2v) is 2.47. The summed E-state index contributed by atoms with van der Waals surface area (Å²) in [6, 6.07) is 1.97. The van der Waals surface area contributed by atoms with Crippen molar-refractivity contribution in [3.8, 4) is 0 Å². The molecule has 0 aromatic carbocycles. The normalized spacial score (nSPS) is 12.5. The number of rotatable bonds is 4. The number of H-pyrrole nitrogens is 1. The minimum absolute atomic E-state index is 0.270. The van der Waals surface area contributed by atoms with E-state index in [1.807, 2.05) is 25.4 Å². The van der Waals surface area contributed by atoms with Crippen molar-refractivity contribution >= 4 is 6.47 Å². The molecule has 1 atom stereocenters. The van der Waals surface area contributed by atoms with E-state index in [-0.39, 0.29) is 5.92 Å². The standard InChI is InChI=1S/C8H11NO2/c1-7(5-11-6-10)8-2-3-9-4-8/h2-4,6-7,9H,5H2,1H3. The number of hydrogen-bond donors (Lipinski definition) is 1. The van der Waals surface area contributed by atoms with E-state index in [0.29, 0.717) is 13.1 Å². The number of hydrogen-bond acceptors (Lipinski definition) is 2. The van der Waals surface area contributed by atoms with Crippen LogP contribution >= 0.6 is 0 Å². The molecule has 3 heteroatoms. The maximum absolute atomic E-state index is 9.85. The third-order valence-electron chi connectivity index (χ3n) is 1.61. The van der Waals surface area contributed by atoms with E-state index < -0.39 is 0 Å². The summed E-state index contributed by atoms with van der Waals surface area (Å²) in [6.07, 6.45) is 3.76. The van der Waals surface area contributed by atoms with Crippen molar-refractivity contribution in [2.75, 3.05) is 6.61 Å². The molecule has 0 amide bonds. The van der Waals surface area contributed by atoms with Gasteiger partial charge in [-0.2, -0.15) is 0 Å². The maximum atomic E-state index is 9.85. The highest BCUT2D eigenvalue weighted by Gasteiger charge is 2.04. The van der Waals surface area contributed by atoms with Crippen molar-refractivity contribution in [2.45, 2.75) is 12.8 Å². The Balaban J connectivity index is 2.42. The molecule has 0 spiro atoms. The summed E-state index contributed by atoms with van der Waals surface area (Å²) in [5, 5.41) is 0. The third-order valence-corrected chi connectivity index (χ3v) is 1.61. The fourth-order valence-corrected chi connectivity index (χ4v) is 0.923. The molecule has 0 radical (unpaired) electrons. The number of nitrogens with one attached hydrogen (secondary N) is 1. The molecule has 1 heterocycles. The highest BCUT2D eigenvalue weighted by Crippen LogP contribution is 2.13. The van der Waals surface area contributed by atoms with Crippen LogP contribution in [0.2, 0.25) is 0 Å². The van der Waals surface area contributed by atoms with Gasteiger partial charge in [0.15, 0.2) is 0 Å². The van der Waals surface area contributed by atoms with Crippen LogP contribution in [0.1, 0.15) is 18.4 Å². The first kappa shape index (κ1) is 7.85. The third kappa shape index (κ3) is 2.11. The van der Waals surface area contributed by atoms with E-state index in [9.17, 15) is 4.79 Å². The monoisotopic (exact) mass is 153 g/mol. The first-order valence-corrected chi connectivity index (χ1v) is 3.52. The Morgan fingerprint density at radius 3 is 3.18 bits per heavy atom. The van der Waals surface area contributed by atoms with Crippen LogP contribution in [0.25, 0.3) is 0 Å². The zero-order valence-electron chi connectivity index (χ0n) is 6.41. The lowest BCUT2D eigenvalue weighted by atomic mass is 10.1. The summed E-state index contributed by atoms with van der Waals surface area (Å²) < 4.78 is 4.62. The highest BCUT2D eigenvalue weighted by atomic mass is 16.5. The topological polar surface area (TPSA) is 42.1 Å². The van der Waals surface area contributed by atoms with Gasteiger partial charge in [0.05, 0.1) is 6.61 Å². The van der Waals surface area contributed by atoms with Gasteiger partial charge in [0.2, 0.25) is 0 Å². The van der Waals surface area contributed by atoms with Crippen LogP contribution in [-0.2, 0) is 9.53 Å². The molecule has 60 valence electrons. The zero-order valence-corrected chi connectivity index (χ0v) is 6.41. The molecule has 0 aliphatic carbocycles. The minimum atomic E-state index is 0.270. The van der Waals surface area contributed by atoms with E-state index in [0.717, 1.165) is 5.56 Å². The van der Waals surface area contributed by atoms with Gasteiger partial charge in [0.1, 0.15) is 0 Å². The Kier molecular flexibility index (Phi) is 2.72. The number of ether oxygens (including phenoxy) is 1. The number of aromatic amines is 1. The molecule has 1 N–H and O–H groups in total. The van der Waals surface area contributed by atoms with Crippen molar-refractivity contribution in [1.82, 2.24) is 4.98 Å². The van der Waals surface area contributed by atoms with Crippen LogP contribution in [0.4, 0.5) is 0 Å². The predicted molar refractivity (Wildman–Crippen MR) is 41.2 cm³/mol. The van der Waals surface area contributed by atoms with Gasteiger partial charge in [-0.25, -0.2) is 0 Å². The lowest BCUT2D eigenvalue weighted by Gasteiger charge is -2.06. The molecule has 3 nitrogen and oxygen atoms in total. The Labute approximate surface area is 65.4 Å². The van der Waals surface area contributed by atoms with Crippen molar-refractivity contribution in [1.29, 1.82) is 0 Å². The van der Waals surface area contributed by atoms with E-state index in [1.54, 1.807) is 0 Å². The van der Waals surface area contributed by atoms with Gasteiger partial charge in [0.25, 0.3) is 6.47 Å². The lowest BCUT2D eigenvalue weighted by molar-refractivity contribution is -0.129. The van der Waals surface area contributed by atoms with Gasteiger partial charge < -0.3 is 9.72 Å². The largest absolute Gasteiger partial charge is 0.467 e. The van der Waals surface area contributed by atoms with Gasteiger partial charge in [-0.3, -0.25) is 4.79 Å². The van der Waals surface area contributed by atoms with Gasteiger partial charge >= 0.3 is 0 Å². The number of carbonyl (C=O) groups excluding carboxylic acids is 1. The zero-order chi connectivity index (χ0) is 8.10. The first-order chi connectivity index (χ1) is 5.34. The van der Waals surface area contributed by atoms with Gasteiger partial charge in [-0.1, -0.05) is 6.92 Å². The average molecular weight is 153 g/mol. The quantitative estimate of drug-likeness (QED) is 0.662. The van der Waals surface area contributed by atoms with Gasteiger partial charge in [-0.05, 0) is 11.6 Å². The minimum Gasteiger partial charge on any atom is -0.467 e. The first-order valence-electron chi connectivity index (χ1n) is 3.52. The van der Waals surface area contributed by atoms with Crippen LogP contribution in [0.3, 0.4) is 0 Å². The number of carbonyl (C=O) groups is 1. The number of aromatic nitrogens is 1. The van der Waals surface area contributed by atoms with E-state index in [4.69, 9.17) is 0 Å². The van der Waals surface area contributed by atoms with E-state index in [1.165, 1.54) is 0 Å². The summed E-state index contributed by atoms with van der Waals surface area (Å²) in [7, 11) is 0.